The number of nitrogens with zero attached hydrogens (tertiary/aromatic N) is 1. The van der Waals surface area contributed by atoms with Crippen LogP contribution in [0.1, 0.15) is 33.4 Å². The molecule has 0 amide bonds. The fourth-order valence-corrected chi connectivity index (χ4v) is 3.59. The molecule has 0 aliphatic carbocycles. The van der Waals surface area contributed by atoms with Gasteiger partial charge in [-0.15, -0.1) is 0 Å². The Bertz CT molecular complexity index is 607. The normalized spacial score (nSPS) is 38.3. The first kappa shape index (κ1) is 17.3. The quantitative estimate of drug-likeness (QED) is 0.822. The highest BCUT2D eigenvalue weighted by molar-refractivity contribution is 5.02. The van der Waals surface area contributed by atoms with E-state index in [-0.39, 0.29) is 24.4 Å². The summed E-state index contributed by atoms with van der Waals surface area (Å²) in [7, 11) is 0. The zero-order valence-corrected chi connectivity index (χ0v) is 15.0. The van der Waals surface area contributed by atoms with Crippen LogP contribution in [0.2, 0.25) is 0 Å². The van der Waals surface area contributed by atoms with Gasteiger partial charge in [-0.1, -0.05) is 6.07 Å². The van der Waals surface area contributed by atoms with Gasteiger partial charge in [0.2, 0.25) is 0 Å². The van der Waals surface area contributed by atoms with Crippen LogP contribution in [-0.2, 0) is 35.0 Å². The van der Waals surface area contributed by atoms with E-state index in [1.54, 1.807) is 6.20 Å². The molecule has 5 atom stereocenters. The van der Waals surface area contributed by atoms with E-state index in [1.165, 1.54) is 0 Å². The van der Waals surface area contributed by atoms with Crippen LogP contribution >= 0.6 is 0 Å². The Morgan fingerprint density at radius 2 is 1.68 bits per heavy atom. The summed E-state index contributed by atoms with van der Waals surface area (Å²) in [5.74, 6) is -1.40. The number of ether oxygens (including phenoxy) is 6. The van der Waals surface area contributed by atoms with Gasteiger partial charge in [-0.05, 0) is 39.8 Å². The molecule has 0 saturated carbocycles. The first-order valence-electron chi connectivity index (χ1n) is 8.67. The summed E-state index contributed by atoms with van der Waals surface area (Å²) >= 11 is 0. The summed E-state index contributed by atoms with van der Waals surface area (Å²) in [6.45, 7) is 8.32. The van der Waals surface area contributed by atoms with E-state index in [2.05, 4.69) is 4.98 Å². The number of hydrogen-bond donors (Lipinski definition) is 0. The van der Waals surface area contributed by atoms with E-state index in [1.807, 2.05) is 45.9 Å². The van der Waals surface area contributed by atoms with Crippen molar-refractivity contribution in [3.8, 4) is 0 Å². The predicted octanol–water partition coefficient (Wildman–Crippen LogP) is 1.99. The van der Waals surface area contributed by atoms with Crippen molar-refractivity contribution in [3.05, 3.63) is 30.1 Å². The van der Waals surface area contributed by atoms with Gasteiger partial charge in [0.15, 0.2) is 17.9 Å². The summed E-state index contributed by atoms with van der Waals surface area (Å²) in [4.78, 5) is 4.26. The zero-order valence-electron chi connectivity index (χ0n) is 15.0. The van der Waals surface area contributed by atoms with Crippen molar-refractivity contribution in [2.45, 2.75) is 76.6 Å². The molecule has 138 valence electrons. The highest BCUT2D eigenvalue weighted by atomic mass is 16.9. The Morgan fingerprint density at radius 1 is 0.960 bits per heavy atom. The Labute approximate surface area is 147 Å². The van der Waals surface area contributed by atoms with Crippen molar-refractivity contribution in [2.75, 3.05) is 6.61 Å². The van der Waals surface area contributed by atoms with Gasteiger partial charge >= 0.3 is 0 Å². The average Bonchev–Trinajstić information content (AvgIpc) is 3.03. The molecule has 7 nitrogen and oxygen atoms in total. The number of fused-ring (bicyclic) bond motifs is 3. The van der Waals surface area contributed by atoms with E-state index < -0.39 is 17.9 Å². The molecule has 7 heteroatoms. The van der Waals surface area contributed by atoms with Crippen LogP contribution in [0.25, 0.3) is 0 Å². The molecule has 0 bridgehead atoms. The Hall–Kier alpha value is -1.09. The van der Waals surface area contributed by atoms with Crippen molar-refractivity contribution in [2.24, 2.45) is 0 Å². The van der Waals surface area contributed by atoms with Gasteiger partial charge in [-0.2, -0.15) is 0 Å². The molecule has 3 saturated heterocycles. The second kappa shape index (κ2) is 6.26. The number of hydrogen-bond acceptors (Lipinski definition) is 7. The average molecular weight is 351 g/mol. The maximum Gasteiger partial charge on any atom is 0.190 e. The minimum Gasteiger partial charge on any atom is -0.372 e. The van der Waals surface area contributed by atoms with Crippen molar-refractivity contribution < 1.29 is 28.4 Å². The summed E-state index contributed by atoms with van der Waals surface area (Å²) in [6.07, 6.45) is 0.135. The third-order valence-electron chi connectivity index (χ3n) is 4.51. The summed E-state index contributed by atoms with van der Waals surface area (Å²) in [5, 5.41) is 0. The van der Waals surface area contributed by atoms with Crippen LogP contribution in [0.4, 0.5) is 0 Å². The number of pyridine rings is 1. The van der Waals surface area contributed by atoms with Crippen LogP contribution in [0.3, 0.4) is 0 Å². The monoisotopic (exact) mass is 351 g/mol. The maximum atomic E-state index is 6.09. The van der Waals surface area contributed by atoms with Gasteiger partial charge in [0.1, 0.15) is 24.4 Å². The molecule has 0 unspecified atom stereocenters. The molecule has 0 spiro atoms. The predicted molar refractivity (Wildman–Crippen MR) is 86.4 cm³/mol. The van der Waals surface area contributed by atoms with E-state index >= 15 is 0 Å². The first-order valence-corrected chi connectivity index (χ1v) is 8.67. The van der Waals surface area contributed by atoms with Gasteiger partial charge in [-0.25, -0.2) is 0 Å². The number of aromatic nitrogens is 1. The van der Waals surface area contributed by atoms with Crippen LogP contribution in [0.5, 0.6) is 0 Å². The molecule has 3 aliphatic heterocycles. The minimum atomic E-state index is -0.709. The van der Waals surface area contributed by atoms with E-state index in [0.29, 0.717) is 13.2 Å². The molecule has 0 N–H and O–H groups in total. The summed E-state index contributed by atoms with van der Waals surface area (Å²) < 4.78 is 35.9. The van der Waals surface area contributed by atoms with Gasteiger partial charge in [0.05, 0.1) is 18.9 Å². The second-order valence-electron chi connectivity index (χ2n) is 7.54. The molecule has 0 radical (unpaired) electrons. The molecule has 1 aromatic rings. The lowest BCUT2D eigenvalue weighted by molar-refractivity contribution is -0.243. The van der Waals surface area contributed by atoms with Crippen LogP contribution in [-0.4, -0.2) is 53.9 Å². The molecular formula is C18H25NO6. The minimum absolute atomic E-state index is 0.251. The van der Waals surface area contributed by atoms with Crippen molar-refractivity contribution >= 4 is 0 Å². The molecule has 1 aromatic heterocycles. The highest BCUT2D eigenvalue weighted by Gasteiger charge is 2.60. The number of rotatable bonds is 4. The molecule has 4 rings (SSSR count). The molecule has 25 heavy (non-hydrogen) atoms. The molecule has 4 heterocycles. The highest BCUT2D eigenvalue weighted by Crippen LogP contribution is 2.44. The fourth-order valence-electron chi connectivity index (χ4n) is 3.59. The van der Waals surface area contributed by atoms with Crippen molar-refractivity contribution in [3.63, 3.8) is 0 Å². The Balaban J connectivity index is 1.44. The second-order valence-corrected chi connectivity index (χ2v) is 7.54. The van der Waals surface area contributed by atoms with E-state index in [0.717, 1.165) is 5.69 Å². The molecular weight excluding hydrogens is 326 g/mol. The van der Waals surface area contributed by atoms with Gasteiger partial charge in [-0.3, -0.25) is 4.98 Å². The smallest absolute Gasteiger partial charge is 0.190 e. The fraction of sp³-hybridized carbons (Fsp3) is 0.722. The van der Waals surface area contributed by atoms with Crippen LogP contribution < -0.4 is 0 Å². The van der Waals surface area contributed by atoms with Crippen molar-refractivity contribution in [1.29, 1.82) is 0 Å². The summed E-state index contributed by atoms with van der Waals surface area (Å²) in [6, 6.07) is 5.74. The lowest BCUT2D eigenvalue weighted by atomic mass is 9.99. The zero-order chi connectivity index (χ0) is 17.7. The van der Waals surface area contributed by atoms with Gasteiger partial charge in [0.25, 0.3) is 0 Å². The van der Waals surface area contributed by atoms with Gasteiger partial charge in [0, 0.05) is 6.20 Å². The van der Waals surface area contributed by atoms with E-state index in [4.69, 9.17) is 28.4 Å². The maximum absolute atomic E-state index is 6.09. The van der Waals surface area contributed by atoms with Gasteiger partial charge < -0.3 is 28.4 Å². The largest absolute Gasteiger partial charge is 0.372 e. The summed E-state index contributed by atoms with van der Waals surface area (Å²) in [5.41, 5.74) is 0.873. The standard InChI is InChI=1S/C18H25NO6/c1-17(2)22-13-12(10-20-9-11-7-5-6-8-19-11)21-16-15(14(13)23-17)24-18(3,4)25-16/h5-8,12-16H,9-10H2,1-4H3/t12-,13-,14+,15-,16-/m1/s1. The third-order valence-corrected chi connectivity index (χ3v) is 4.51. The lowest BCUT2D eigenvalue weighted by Crippen LogP contribution is -2.56. The molecule has 3 aliphatic rings. The van der Waals surface area contributed by atoms with E-state index in [9.17, 15) is 0 Å². The topological polar surface area (TPSA) is 68.3 Å². The first-order chi connectivity index (χ1) is 11.8. The SMILES string of the molecule is CC1(C)O[C@H]2O[C@H](COCc3ccccn3)[C@H]3OC(C)(C)O[C@@H]3[C@H]2O1. The van der Waals surface area contributed by atoms with Crippen LogP contribution in [0, 0.1) is 0 Å². The molecule has 3 fully saturated rings. The van der Waals surface area contributed by atoms with Crippen molar-refractivity contribution in [1.82, 2.24) is 4.98 Å². The Morgan fingerprint density at radius 3 is 2.44 bits per heavy atom. The molecule has 0 aromatic carbocycles. The lowest BCUT2D eigenvalue weighted by Gasteiger charge is -2.37. The third kappa shape index (κ3) is 3.58. The Kier molecular flexibility index (Phi) is 4.34. The van der Waals surface area contributed by atoms with Crippen LogP contribution in [0.15, 0.2) is 24.4 Å².